The van der Waals surface area contributed by atoms with Crippen molar-refractivity contribution in [3.63, 3.8) is 0 Å². The number of carbonyl (C=O) groups is 1. The Kier molecular flexibility index (Phi) is 3.88. The predicted molar refractivity (Wildman–Crippen MR) is 85.5 cm³/mol. The van der Waals surface area contributed by atoms with E-state index in [9.17, 15) is 9.90 Å². The van der Waals surface area contributed by atoms with Crippen LogP contribution in [0.3, 0.4) is 0 Å². The van der Waals surface area contributed by atoms with Gasteiger partial charge >= 0.3 is 0 Å². The molecule has 2 aliphatic rings. The maximum Gasteiger partial charge on any atom is 0.287 e. The number of amides is 1. The van der Waals surface area contributed by atoms with E-state index in [0.717, 1.165) is 42.6 Å². The molecule has 0 bridgehead atoms. The third-order valence-electron chi connectivity index (χ3n) is 5.35. The minimum absolute atomic E-state index is 0.0265. The molecule has 7 heteroatoms. The molecule has 2 aromatic rings. The number of aromatic nitrogens is 3. The number of rotatable bonds is 4. The Morgan fingerprint density at radius 1 is 1.46 bits per heavy atom. The Morgan fingerprint density at radius 3 is 3.12 bits per heavy atom. The number of hydrogen-bond acceptors (Lipinski definition) is 5. The van der Waals surface area contributed by atoms with Crippen LogP contribution >= 0.6 is 0 Å². The van der Waals surface area contributed by atoms with Crippen LogP contribution in [0.1, 0.15) is 52.7 Å². The zero-order valence-electron chi connectivity index (χ0n) is 13.7. The Hall–Kier alpha value is -2.15. The van der Waals surface area contributed by atoms with Crippen molar-refractivity contribution in [2.24, 2.45) is 13.0 Å². The first-order valence-electron chi connectivity index (χ1n) is 8.53. The summed E-state index contributed by atoms with van der Waals surface area (Å²) < 4.78 is 7.33. The van der Waals surface area contributed by atoms with Crippen molar-refractivity contribution in [1.82, 2.24) is 20.1 Å². The third-order valence-corrected chi connectivity index (χ3v) is 5.35. The molecule has 2 aromatic heterocycles. The Balaban J connectivity index is 1.37. The molecule has 2 aliphatic carbocycles. The fraction of sp³-hybridized carbons (Fsp3) is 0.588. The van der Waals surface area contributed by atoms with Crippen LogP contribution < -0.4 is 5.32 Å². The maximum atomic E-state index is 12.4. The van der Waals surface area contributed by atoms with Crippen LogP contribution in [-0.4, -0.2) is 38.4 Å². The fourth-order valence-corrected chi connectivity index (χ4v) is 4.05. The minimum Gasteiger partial charge on any atom is -0.459 e. The van der Waals surface area contributed by atoms with Crippen molar-refractivity contribution in [3.05, 3.63) is 35.3 Å². The van der Waals surface area contributed by atoms with E-state index in [4.69, 9.17) is 4.42 Å². The van der Waals surface area contributed by atoms with E-state index in [2.05, 4.69) is 15.5 Å². The summed E-state index contributed by atoms with van der Waals surface area (Å²) in [5, 5.41) is 21.3. The minimum atomic E-state index is -0.436. The van der Waals surface area contributed by atoms with E-state index >= 15 is 0 Å². The van der Waals surface area contributed by atoms with Crippen LogP contribution in [0.4, 0.5) is 0 Å². The molecule has 4 rings (SSSR count). The highest BCUT2D eigenvalue weighted by Gasteiger charge is 2.36. The molecule has 24 heavy (non-hydrogen) atoms. The second-order valence-corrected chi connectivity index (χ2v) is 6.93. The van der Waals surface area contributed by atoms with E-state index in [1.54, 1.807) is 12.6 Å². The maximum absolute atomic E-state index is 12.4. The molecule has 0 spiro atoms. The van der Waals surface area contributed by atoms with E-state index < -0.39 is 6.10 Å². The molecule has 0 unspecified atom stereocenters. The summed E-state index contributed by atoms with van der Waals surface area (Å²) in [7, 11) is 1.91. The number of aliphatic hydroxyl groups excluding tert-OH is 1. The molecule has 7 nitrogen and oxygen atoms in total. The average Bonchev–Trinajstić information content (AvgIpc) is 3.28. The molecular formula is C17H22N4O3. The van der Waals surface area contributed by atoms with Crippen molar-refractivity contribution in [2.75, 3.05) is 6.54 Å². The quantitative estimate of drug-likeness (QED) is 0.878. The number of hydrogen-bond donors (Lipinski definition) is 2. The molecule has 2 N–H and O–H groups in total. The molecule has 0 aliphatic heterocycles. The summed E-state index contributed by atoms with van der Waals surface area (Å²) in [6.07, 6.45) is 7.38. The molecule has 1 saturated carbocycles. The topological polar surface area (TPSA) is 93.2 Å². The molecule has 0 radical (unpaired) electrons. The predicted octanol–water partition coefficient (Wildman–Crippen LogP) is 1.18. The number of nitrogens with zero attached hydrogens (tertiary/aromatic N) is 3. The lowest BCUT2D eigenvalue weighted by Gasteiger charge is -2.14. The summed E-state index contributed by atoms with van der Waals surface area (Å²) in [6.45, 7) is 0.448. The smallest absolute Gasteiger partial charge is 0.287 e. The van der Waals surface area contributed by atoms with E-state index in [-0.39, 0.29) is 17.7 Å². The zero-order valence-corrected chi connectivity index (χ0v) is 13.7. The van der Waals surface area contributed by atoms with Crippen molar-refractivity contribution < 1.29 is 14.3 Å². The van der Waals surface area contributed by atoms with Gasteiger partial charge in [-0.25, -0.2) is 0 Å². The van der Waals surface area contributed by atoms with Crippen LogP contribution in [-0.2, 0) is 19.9 Å². The number of aryl methyl sites for hydroxylation is 2. The van der Waals surface area contributed by atoms with Gasteiger partial charge in [0.05, 0.1) is 12.4 Å². The molecule has 0 aromatic carbocycles. The largest absolute Gasteiger partial charge is 0.459 e. The number of fused-ring (bicyclic) bond motifs is 1. The number of aliphatic hydroxyl groups is 1. The van der Waals surface area contributed by atoms with Crippen molar-refractivity contribution in [3.8, 4) is 0 Å². The van der Waals surface area contributed by atoms with Gasteiger partial charge in [0.1, 0.15) is 12.2 Å². The monoisotopic (exact) mass is 330 g/mol. The first-order chi connectivity index (χ1) is 11.6. The Labute approximate surface area is 140 Å². The van der Waals surface area contributed by atoms with Crippen molar-refractivity contribution in [1.29, 1.82) is 0 Å². The lowest BCUT2D eigenvalue weighted by atomic mass is 10.0. The average molecular weight is 330 g/mol. The molecule has 1 amide bonds. The van der Waals surface area contributed by atoms with Crippen LogP contribution in [0, 0.1) is 5.92 Å². The van der Waals surface area contributed by atoms with Crippen LogP contribution in [0.5, 0.6) is 0 Å². The van der Waals surface area contributed by atoms with Crippen LogP contribution in [0.25, 0.3) is 0 Å². The molecular weight excluding hydrogens is 308 g/mol. The van der Waals surface area contributed by atoms with Gasteiger partial charge in [0.15, 0.2) is 5.76 Å². The van der Waals surface area contributed by atoms with Gasteiger partial charge in [-0.05, 0) is 37.7 Å². The van der Waals surface area contributed by atoms with Crippen molar-refractivity contribution in [2.45, 2.75) is 44.1 Å². The summed E-state index contributed by atoms with van der Waals surface area (Å²) in [5.41, 5.74) is 2.21. The molecule has 128 valence electrons. The normalized spacial score (nSPS) is 25.8. The lowest BCUT2D eigenvalue weighted by molar-refractivity contribution is 0.0889. The third kappa shape index (κ3) is 2.62. The highest BCUT2D eigenvalue weighted by Crippen LogP contribution is 2.37. The van der Waals surface area contributed by atoms with Crippen LogP contribution in [0.2, 0.25) is 0 Å². The Bertz CT molecular complexity index is 751. The Morgan fingerprint density at radius 2 is 2.33 bits per heavy atom. The van der Waals surface area contributed by atoms with Crippen molar-refractivity contribution >= 4 is 5.91 Å². The molecule has 1 fully saturated rings. The van der Waals surface area contributed by atoms with Gasteiger partial charge in [0.2, 0.25) is 0 Å². The van der Waals surface area contributed by atoms with E-state index in [1.807, 2.05) is 11.6 Å². The van der Waals surface area contributed by atoms with Gasteiger partial charge in [0.25, 0.3) is 5.91 Å². The van der Waals surface area contributed by atoms with Gasteiger partial charge in [-0.2, -0.15) is 0 Å². The summed E-state index contributed by atoms with van der Waals surface area (Å²) in [6, 6.07) is 0. The zero-order chi connectivity index (χ0) is 16.7. The fourth-order valence-electron chi connectivity index (χ4n) is 4.05. The van der Waals surface area contributed by atoms with Gasteiger partial charge < -0.3 is 19.4 Å². The van der Waals surface area contributed by atoms with Gasteiger partial charge in [-0.3, -0.25) is 4.79 Å². The number of furan rings is 1. The summed E-state index contributed by atoms with van der Waals surface area (Å²) >= 11 is 0. The lowest BCUT2D eigenvalue weighted by Crippen LogP contribution is -2.32. The molecule has 0 saturated heterocycles. The van der Waals surface area contributed by atoms with E-state index in [1.165, 1.54) is 0 Å². The van der Waals surface area contributed by atoms with Crippen LogP contribution in [0.15, 0.2) is 17.0 Å². The highest BCUT2D eigenvalue weighted by molar-refractivity contribution is 5.93. The number of nitrogens with one attached hydrogen (secondary N) is 1. The second kappa shape index (κ2) is 6.05. The first kappa shape index (κ1) is 15.4. The summed E-state index contributed by atoms with van der Waals surface area (Å²) in [5.74, 6) is 1.37. The molecule has 2 heterocycles. The number of carbonyl (C=O) groups excluding carboxylic acids is 1. The van der Waals surface area contributed by atoms with Gasteiger partial charge in [-0.1, -0.05) is 0 Å². The van der Waals surface area contributed by atoms with Gasteiger partial charge in [-0.15, -0.1) is 10.2 Å². The summed E-state index contributed by atoms with van der Waals surface area (Å²) in [4.78, 5) is 12.4. The SMILES string of the molecule is Cn1cnnc1[C@H]1C[C@H](CNC(=O)c2occ3c2CCC3)[C@H](O)C1. The standard InChI is InChI=1S/C17H22N4O3/c1-21-9-19-20-16(21)11-5-12(14(22)6-11)7-18-17(23)15-13-4-2-3-10(13)8-24-15/h8-9,11-12,14,22H,2-7H2,1H3,(H,18,23)/t11-,12+,14+/m0/s1. The van der Waals surface area contributed by atoms with Gasteiger partial charge in [0, 0.05) is 31.0 Å². The second-order valence-electron chi connectivity index (χ2n) is 6.93. The molecule has 3 atom stereocenters. The first-order valence-corrected chi connectivity index (χ1v) is 8.53. The highest BCUT2D eigenvalue weighted by atomic mass is 16.3. The van der Waals surface area contributed by atoms with E-state index in [0.29, 0.717) is 18.7 Å².